The predicted octanol–water partition coefficient (Wildman–Crippen LogP) is 9.36. The van der Waals surface area contributed by atoms with Crippen LogP contribution in [0.25, 0.3) is 22.8 Å². The number of anilines is 2. The van der Waals surface area contributed by atoms with E-state index in [0.29, 0.717) is 43.6 Å². The van der Waals surface area contributed by atoms with Crippen molar-refractivity contribution in [2.45, 2.75) is 13.5 Å². The number of hydrogen-bond acceptors (Lipinski definition) is 4. The van der Waals surface area contributed by atoms with Crippen LogP contribution < -0.4 is 5.32 Å². The summed E-state index contributed by atoms with van der Waals surface area (Å²) in [5, 5.41) is 15.4. The number of aromatic nitrogens is 1. The molecule has 0 spiro atoms. The average molecular weight is 567 g/mol. The zero-order valence-electron chi connectivity index (χ0n) is 19.6. The number of nitriles is 1. The highest BCUT2D eigenvalue weighted by atomic mass is 35.5. The molecule has 0 saturated heterocycles. The van der Waals surface area contributed by atoms with Gasteiger partial charge in [0.15, 0.2) is 0 Å². The first kappa shape index (κ1) is 25.6. The second-order valence-corrected chi connectivity index (χ2v) is 10.2. The molecule has 5 rings (SSSR count). The molecular formula is C29H19Cl4N3O. The lowest BCUT2D eigenvalue weighted by Crippen LogP contribution is -2.15. The van der Waals surface area contributed by atoms with Crippen LogP contribution in [-0.4, -0.2) is 11.6 Å². The molecule has 0 saturated carbocycles. The Bertz CT molecular complexity index is 1590. The zero-order valence-corrected chi connectivity index (χ0v) is 22.6. The van der Waals surface area contributed by atoms with Gasteiger partial charge in [0.2, 0.25) is 0 Å². The summed E-state index contributed by atoms with van der Waals surface area (Å²) >= 11 is 24.9. The van der Waals surface area contributed by atoms with Gasteiger partial charge in [0.25, 0.3) is 0 Å². The van der Waals surface area contributed by atoms with Crippen molar-refractivity contribution in [3.63, 3.8) is 0 Å². The van der Waals surface area contributed by atoms with Crippen LogP contribution in [-0.2, 0) is 11.3 Å². The number of halogens is 4. The normalized spacial score (nSPS) is 13.8. The van der Waals surface area contributed by atoms with Gasteiger partial charge in [0.1, 0.15) is 17.5 Å². The van der Waals surface area contributed by atoms with Crippen LogP contribution in [0.5, 0.6) is 0 Å². The summed E-state index contributed by atoms with van der Waals surface area (Å²) in [4.78, 5) is 4.95. The number of hydrogen-bond donors (Lipinski definition) is 1. The van der Waals surface area contributed by atoms with Gasteiger partial charge in [0, 0.05) is 22.4 Å². The molecule has 0 fully saturated rings. The first-order valence-electron chi connectivity index (χ1n) is 11.3. The minimum atomic E-state index is 0.288. The predicted molar refractivity (Wildman–Crippen MR) is 153 cm³/mol. The third-order valence-electron chi connectivity index (χ3n) is 6.03. The molecule has 1 aliphatic rings. The summed E-state index contributed by atoms with van der Waals surface area (Å²) in [5.74, 6) is 0.438. The van der Waals surface area contributed by atoms with Crippen molar-refractivity contribution in [1.82, 2.24) is 4.98 Å². The largest absolute Gasteiger partial charge is 0.372 e. The van der Waals surface area contributed by atoms with Crippen molar-refractivity contribution >= 4 is 69.6 Å². The molecule has 0 aliphatic carbocycles. The van der Waals surface area contributed by atoms with Gasteiger partial charge in [-0.2, -0.15) is 5.26 Å². The molecule has 8 heteroatoms. The van der Waals surface area contributed by atoms with Gasteiger partial charge in [0.05, 0.1) is 39.0 Å². The highest BCUT2D eigenvalue weighted by molar-refractivity contribution is 6.42. The lowest BCUT2D eigenvalue weighted by atomic mass is 9.90. The summed E-state index contributed by atoms with van der Waals surface area (Å²) in [5.41, 5.74) is 7.00. The highest BCUT2D eigenvalue weighted by Crippen LogP contribution is 2.41. The Morgan fingerprint density at radius 2 is 1.59 bits per heavy atom. The minimum absolute atomic E-state index is 0.288. The summed E-state index contributed by atoms with van der Waals surface area (Å²) in [7, 11) is 0. The topological polar surface area (TPSA) is 57.9 Å². The van der Waals surface area contributed by atoms with Crippen LogP contribution in [0, 0.1) is 18.3 Å². The number of aryl methyl sites for hydroxylation is 1. The molecule has 184 valence electrons. The van der Waals surface area contributed by atoms with E-state index in [1.807, 2.05) is 49.4 Å². The second-order valence-electron chi connectivity index (χ2n) is 8.61. The van der Waals surface area contributed by atoms with Crippen LogP contribution in [0.1, 0.15) is 27.9 Å². The maximum absolute atomic E-state index is 10.3. The average Bonchev–Trinajstić information content (AvgIpc) is 2.89. The van der Waals surface area contributed by atoms with E-state index in [1.165, 1.54) is 0 Å². The Morgan fingerprint density at radius 1 is 0.892 bits per heavy atom. The van der Waals surface area contributed by atoms with Crippen molar-refractivity contribution in [2.75, 3.05) is 11.9 Å². The fraction of sp³-hybridized carbons (Fsp3) is 0.103. The molecule has 2 heterocycles. The molecule has 1 N–H and O–H groups in total. The molecule has 4 aromatic rings. The first-order valence-corrected chi connectivity index (χ1v) is 12.8. The zero-order chi connectivity index (χ0) is 26.1. The Kier molecular flexibility index (Phi) is 7.44. The summed E-state index contributed by atoms with van der Waals surface area (Å²) in [6, 6.07) is 21.0. The van der Waals surface area contributed by atoms with Crippen LogP contribution >= 0.6 is 46.4 Å². The first-order chi connectivity index (χ1) is 17.8. The number of pyridine rings is 1. The maximum Gasteiger partial charge on any atom is 0.149 e. The molecule has 0 amide bonds. The molecule has 37 heavy (non-hydrogen) atoms. The van der Waals surface area contributed by atoms with E-state index in [2.05, 4.69) is 11.4 Å². The van der Waals surface area contributed by atoms with Crippen molar-refractivity contribution in [3.8, 4) is 17.2 Å². The van der Waals surface area contributed by atoms with Gasteiger partial charge in [-0.25, -0.2) is 4.98 Å². The number of rotatable bonds is 4. The number of nitrogens with zero attached hydrogens (tertiary/aromatic N) is 2. The van der Waals surface area contributed by atoms with Crippen molar-refractivity contribution in [1.29, 1.82) is 5.26 Å². The smallest absolute Gasteiger partial charge is 0.149 e. The number of ether oxygens (including phenoxy) is 1. The van der Waals surface area contributed by atoms with E-state index in [1.54, 1.807) is 24.3 Å². The van der Waals surface area contributed by atoms with Gasteiger partial charge in [-0.15, -0.1) is 0 Å². The van der Waals surface area contributed by atoms with Crippen molar-refractivity contribution < 1.29 is 4.74 Å². The molecule has 1 aromatic heterocycles. The van der Waals surface area contributed by atoms with E-state index >= 15 is 0 Å². The Labute approximate surface area is 235 Å². The lowest BCUT2D eigenvalue weighted by molar-refractivity contribution is 0.146. The van der Waals surface area contributed by atoms with E-state index in [4.69, 9.17) is 56.1 Å². The van der Waals surface area contributed by atoms with E-state index in [0.717, 1.165) is 39.2 Å². The van der Waals surface area contributed by atoms with E-state index in [-0.39, 0.29) is 6.61 Å². The quantitative estimate of drug-likeness (QED) is 0.267. The fourth-order valence-corrected chi connectivity index (χ4v) is 4.82. The Hall–Kier alpha value is -3.04. The third-order valence-corrected chi connectivity index (χ3v) is 7.50. The molecule has 1 aliphatic heterocycles. The molecule has 0 unspecified atom stereocenters. The van der Waals surface area contributed by atoms with E-state index < -0.39 is 0 Å². The fourth-order valence-electron chi connectivity index (χ4n) is 4.22. The number of nitrogens with one attached hydrogen (secondary N) is 1. The van der Waals surface area contributed by atoms with Crippen molar-refractivity contribution in [2.24, 2.45) is 0 Å². The van der Waals surface area contributed by atoms with Crippen molar-refractivity contribution in [3.05, 3.63) is 109 Å². The van der Waals surface area contributed by atoms with Crippen LogP contribution in [0.3, 0.4) is 0 Å². The number of benzene rings is 3. The van der Waals surface area contributed by atoms with Gasteiger partial charge in [-0.1, -0.05) is 76.2 Å². The standard InChI is InChI=1S/C29H19Cl4N3O/c1-16-2-6-20(7-3-16)35-29-21(13-34)27(18-5-9-24(31)26(33)12-18)22-15-37-14-19(28(22)36-29)10-17-4-8-23(30)25(32)11-17/h2-12H,14-15H2,1H3,(H,35,36)/b19-10+. The second kappa shape index (κ2) is 10.8. The molecule has 0 bridgehead atoms. The van der Waals surface area contributed by atoms with Gasteiger partial charge >= 0.3 is 0 Å². The van der Waals surface area contributed by atoms with E-state index in [9.17, 15) is 5.26 Å². The molecule has 0 radical (unpaired) electrons. The van der Waals surface area contributed by atoms with Crippen LogP contribution in [0.2, 0.25) is 20.1 Å². The summed E-state index contributed by atoms with van der Waals surface area (Å²) < 4.78 is 5.97. The summed E-state index contributed by atoms with van der Waals surface area (Å²) in [6.07, 6.45) is 1.97. The summed E-state index contributed by atoms with van der Waals surface area (Å²) in [6.45, 7) is 2.65. The SMILES string of the molecule is Cc1ccc(Nc2nc3c(c(-c4ccc(Cl)c(Cl)c4)c2C#N)COC/C3=C\c2ccc(Cl)c(Cl)c2)cc1. The number of fused-ring (bicyclic) bond motifs is 1. The van der Waals surface area contributed by atoms with Gasteiger partial charge in [-0.3, -0.25) is 0 Å². The molecule has 3 aromatic carbocycles. The lowest BCUT2D eigenvalue weighted by Gasteiger charge is -2.25. The van der Waals surface area contributed by atoms with Gasteiger partial charge < -0.3 is 10.1 Å². The highest BCUT2D eigenvalue weighted by Gasteiger charge is 2.26. The van der Waals surface area contributed by atoms with Crippen LogP contribution in [0.4, 0.5) is 11.5 Å². The molecular weight excluding hydrogens is 548 g/mol. The molecule has 4 nitrogen and oxygen atoms in total. The monoisotopic (exact) mass is 565 g/mol. The maximum atomic E-state index is 10.3. The Morgan fingerprint density at radius 3 is 2.27 bits per heavy atom. The Balaban J connectivity index is 1.75. The molecule has 0 atom stereocenters. The minimum Gasteiger partial charge on any atom is -0.372 e. The third kappa shape index (κ3) is 5.33. The van der Waals surface area contributed by atoms with Gasteiger partial charge in [-0.05, 0) is 60.5 Å². The van der Waals surface area contributed by atoms with Crippen LogP contribution in [0.15, 0.2) is 60.7 Å².